The molecule has 1 nitrogen and oxygen atoms in total. The monoisotopic (exact) mass is 219 g/mol. The summed E-state index contributed by atoms with van der Waals surface area (Å²) < 4.78 is 13.2. The van der Waals surface area contributed by atoms with Gasteiger partial charge in [-0.25, -0.2) is 4.39 Å². The van der Waals surface area contributed by atoms with Gasteiger partial charge in [-0.1, -0.05) is 18.9 Å². The van der Waals surface area contributed by atoms with E-state index in [2.05, 4.69) is 5.32 Å². The smallest absolute Gasteiger partial charge is 0.123 e. The van der Waals surface area contributed by atoms with E-state index in [1.54, 1.807) is 12.1 Å². The number of rotatable bonds is 2. The summed E-state index contributed by atoms with van der Waals surface area (Å²) in [5.41, 5.74) is 2.53. The van der Waals surface area contributed by atoms with Gasteiger partial charge in [0.25, 0.3) is 0 Å². The predicted octanol–water partition coefficient (Wildman–Crippen LogP) is 3.35. The third-order valence-electron chi connectivity index (χ3n) is 3.98. The van der Waals surface area contributed by atoms with Crippen molar-refractivity contribution in [2.75, 3.05) is 0 Å². The Morgan fingerprint density at radius 2 is 1.94 bits per heavy atom. The third-order valence-corrected chi connectivity index (χ3v) is 3.98. The van der Waals surface area contributed by atoms with Gasteiger partial charge >= 0.3 is 0 Å². The lowest BCUT2D eigenvalue weighted by Gasteiger charge is -2.19. The Morgan fingerprint density at radius 3 is 2.75 bits per heavy atom. The minimum absolute atomic E-state index is 0.0983. The Balaban J connectivity index is 1.77. The molecule has 0 aromatic heterocycles. The normalized spacial score (nSPS) is 24.9. The van der Waals surface area contributed by atoms with E-state index in [1.807, 2.05) is 6.07 Å². The van der Waals surface area contributed by atoms with Gasteiger partial charge in [0.05, 0.1) is 0 Å². The molecule has 0 radical (unpaired) electrons. The quantitative estimate of drug-likeness (QED) is 0.804. The number of hydrogen-bond donors (Lipinski definition) is 1. The molecular formula is C14H18FN. The minimum Gasteiger partial charge on any atom is -0.307 e. The highest BCUT2D eigenvalue weighted by Gasteiger charge is 2.26. The first kappa shape index (κ1) is 10.3. The lowest BCUT2D eigenvalue weighted by atomic mass is 10.1. The van der Waals surface area contributed by atoms with E-state index >= 15 is 0 Å². The van der Waals surface area contributed by atoms with E-state index in [4.69, 9.17) is 0 Å². The number of nitrogens with one attached hydrogen (secondary N) is 1. The van der Waals surface area contributed by atoms with Crippen LogP contribution in [0.15, 0.2) is 18.2 Å². The summed E-state index contributed by atoms with van der Waals surface area (Å²) in [7, 11) is 0. The lowest BCUT2D eigenvalue weighted by Crippen LogP contribution is -2.29. The fourth-order valence-corrected chi connectivity index (χ4v) is 3.12. The Kier molecular flexibility index (Phi) is 2.68. The van der Waals surface area contributed by atoms with Gasteiger partial charge in [-0.15, -0.1) is 0 Å². The van der Waals surface area contributed by atoms with Crippen molar-refractivity contribution in [3.05, 3.63) is 35.1 Å². The summed E-state index contributed by atoms with van der Waals surface area (Å²) in [6, 6.07) is 6.31. The molecule has 1 fully saturated rings. The van der Waals surface area contributed by atoms with Crippen molar-refractivity contribution >= 4 is 0 Å². The van der Waals surface area contributed by atoms with Crippen molar-refractivity contribution in [2.24, 2.45) is 0 Å². The van der Waals surface area contributed by atoms with Crippen molar-refractivity contribution in [1.29, 1.82) is 0 Å². The van der Waals surface area contributed by atoms with Crippen LogP contribution in [0, 0.1) is 5.82 Å². The average Bonchev–Trinajstić information content (AvgIpc) is 2.90. The Morgan fingerprint density at radius 1 is 1.12 bits per heavy atom. The van der Waals surface area contributed by atoms with Crippen LogP contribution in [0.25, 0.3) is 0 Å². The first-order valence-corrected chi connectivity index (χ1v) is 6.37. The molecule has 16 heavy (non-hydrogen) atoms. The van der Waals surface area contributed by atoms with Crippen molar-refractivity contribution in [3.8, 4) is 0 Å². The predicted molar refractivity (Wildman–Crippen MR) is 62.9 cm³/mol. The van der Waals surface area contributed by atoms with Gasteiger partial charge in [0.15, 0.2) is 0 Å². The van der Waals surface area contributed by atoms with Gasteiger partial charge < -0.3 is 5.32 Å². The Labute approximate surface area is 96.1 Å². The molecule has 2 aliphatic rings. The second-order valence-corrected chi connectivity index (χ2v) is 5.08. The van der Waals surface area contributed by atoms with Gasteiger partial charge in [-0.3, -0.25) is 0 Å². The molecule has 3 rings (SSSR count). The fourth-order valence-electron chi connectivity index (χ4n) is 3.12. The molecule has 0 spiro atoms. The summed E-state index contributed by atoms with van der Waals surface area (Å²) in [6.07, 6.45) is 7.51. The van der Waals surface area contributed by atoms with E-state index in [0.29, 0.717) is 12.1 Å². The molecule has 1 unspecified atom stereocenters. The first-order valence-electron chi connectivity index (χ1n) is 6.37. The molecule has 0 heterocycles. The molecule has 0 bridgehead atoms. The van der Waals surface area contributed by atoms with Crippen LogP contribution in [0.5, 0.6) is 0 Å². The van der Waals surface area contributed by atoms with Crippen molar-refractivity contribution in [1.82, 2.24) is 5.32 Å². The second-order valence-electron chi connectivity index (χ2n) is 5.08. The van der Waals surface area contributed by atoms with E-state index in [1.165, 1.54) is 36.8 Å². The molecule has 1 N–H and O–H groups in total. The molecule has 1 atom stereocenters. The zero-order valence-electron chi connectivity index (χ0n) is 9.51. The number of benzene rings is 1. The van der Waals surface area contributed by atoms with E-state index in [-0.39, 0.29) is 5.82 Å². The third kappa shape index (κ3) is 1.86. The van der Waals surface area contributed by atoms with Gasteiger partial charge in [-0.2, -0.15) is 0 Å². The second kappa shape index (κ2) is 4.17. The van der Waals surface area contributed by atoms with Gasteiger partial charge in [0, 0.05) is 12.1 Å². The highest BCUT2D eigenvalue weighted by Crippen LogP contribution is 2.33. The highest BCUT2D eigenvalue weighted by atomic mass is 19.1. The number of halogens is 1. The van der Waals surface area contributed by atoms with Crippen LogP contribution in [0.4, 0.5) is 4.39 Å². The van der Waals surface area contributed by atoms with Crippen LogP contribution in [-0.4, -0.2) is 6.04 Å². The van der Waals surface area contributed by atoms with Crippen molar-refractivity contribution in [2.45, 2.75) is 50.6 Å². The fraction of sp³-hybridized carbons (Fsp3) is 0.571. The zero-order chi connectivity index (χ0) is 11.0. The number of fused-ring (bicyclic) bond motifs is 1. The minimum atomic E-state index is -0.0983. The molecule has 86 valence electrons. The van der Waals surface area contributed by atoms with Crippen molar-refractivity contribution in [3.63, 3.8) is 0 Å². The summed E-state index contributed by atoms with van der Waals surface area (Å²) >= 11 is 0. The van der Waals surface area contributed by atoms with Crippen LogP contribution >= 0.6 is 0 Å². The molecule has 2 heteroatoms. The van der Waals surface area contributed by atoms with Crippen molar-refractivity contribution < 1.29 is 4.39 Å². The van der Waals surface area contributed by atoms with Crippen LogP contribution in [0.1, 0.15) is 49.3 Å². The molecule has 2 aliphatic carbocycles. The summed E-state index contributed by atoms with van der Waals surface area (Å²) in [5, 5.41) is 3.69. The van der Waals surface area contributed by atoms with E-state index in [0.717, 1.165) is 12.8 Å². The summed E-state index contributed by atoms with van der Waals surface area (Å²) in [5.74, 6) is -0.0983. The summed E-state index contributed by atoms with van der Waals surface area (Å²) in [4.78, 5) is 0. The molecule has 0 saturated heterocycles. The van der Waals surface area contributed by atoms with Crippen LogP contribution in [-0.2, 0) is 6.42 Å². The molecule has 0 aliphatic heterocycles. The maximum absolute atomic E-state index is 13.2. The molecule has 1 aromatic rings. The van der Waals surface area contributed by atoms with Gasteiger partial charge in [-0.05, 0) is 48.9 Å². The summed E-state index contributed by atoms with van der Waals surface area (Å²) in [6.45, 7) is 0. The first-order chi connectivity index (χ1) is 7.83. The Hall–Kier alpha value is -0.890. The number of aryl methyl sites for hydroxylation is 1. The van der Waals surface area contributed by atoms with E-state index < -0.39 is 0 Å². The molecule has 1 saturated carbocycles. The van der Waals surface area contributed by atoms with Crippen LogP contribution in [0.2, 0.25) is 0 Å². The van der Waals surface area contributed by atoms with Crippen LogP contribution in [0.3, 0.4) is 0 Å². The van der Waals surface area contributed by atoms with E-state index in [9.17, 15) is 4.39 Å². The standard InChI is InChI=1S/C14H18FN/c15-11-7-5-10-6-8-14(13(10)9-11)16-12-3-1-2-4-12/h5,7,9,12,14,16H,1-4,6,8H2. The lowest BCUT2D eigenvalue weighted by molar-refractivity contribution is 0.436. The number of hydrogen-bond acceptors (Lipinski definition) is 1. The SMILES string of the molecule is Fc1ccc2c(c1)C(NC1CCCC1)CC2. The molecule has 0 amide bonds. The molecular weight excluding hydrogens is 201 g/mol. The van der Waals surface area contributed by atoms with Gasteiger partial charge in [0.1, 0.15) is 5.82 Å². The topological polar surface area (TPSA) is 12.0 Å². The maximum Gasteiger partial charge on any atom is 0.123 e. The largest absolute Gasteiger partial charge is 0.307 e. The average molecular weight is 219 g/mol. The Bertz CT molecular complexity index is 382. The van der Waals surface area contributed by atoms with Crippen LogP contribution < -0.4 is 5.32 Å². The van der Waals surface area contributed by atoms with Gasteiger partial charge in [0.2, 0.25) is 0 Å². The molecule has 1 aromatic carbocycles. The maximum atomic E-state index is 13.2. The zero-order valence-corrected chi connectivity index (χ0v) is 9.51. The highest BCUT2D eigenvalue weighted by molar-refractivity contribution is 5.35.